The minimum atomic E-state index is -0.207. The van der Waals surface area contributed by atoms with Gasteiger partial charge in [0.2, 0.25) is 11.8 Å². The topological polar surface area (TPSA) is 58.2 Å². The molecule has 188 valence electrons. The SMILES string of the molecule is O=C(Nc1cc2ccccc2cc1NC(=O)C12CC3CC(CC(C3)C1)C2)C12CC3CC(CC(C3)C1)C2. The summed E-state index contributed by atoms with van der Waals surface area (Å²) in [4.78, 5) is 27.9. The van der Waals surface area contributed by atoms with E-state index in [-0.39, 0.29) is 22.6 Å². The van der Waals surface area contributed by atoms with E-state index in [0.717, 1.165) is 96.2 Å². The van der Waals surface area contributed by atoms with Crippen LogP contribution >= 0.6 is 0 Å². The van der Waals surface area contributed by atoms with Crippen LogP contribution in [0.1, 0.15) is 77.0 Å². The maximum atomic E-state index is 13.9. The highest BCUT2D eigenvalue weighted by molar-refractivity contribution is 6.06. The van der Waals surface area contributed by atoms with E-state index in [1.54, 1.807) is 0 Å². The predicted molar refractivity (Wildman–Crippen MR) is 142 cm³/mol. The van der Waals surface area contributed by atoms with Crippen LogP contribution in [-0.2, 0) is 9.59 Å². The van der Waals surface area contributed by atoms with Crippen molar-refractivity contribution in [3.63, 3.8) is 0 Å². The van der Waals surface area contributed by atoms with Crippen LogP contribution in [0.5, 0.6) is 0 Å². The van der Waals surface area contributed by atoms with Crippen molar-refractivity contribution in [2.45, 2.75) is 77.0 Å². The molecule has 8 fully saturated rings. The van der Waals surface area contributed by atoms with Crippen molar-refractivity contribution in [3.8, 4) is 0 Å². The molecule has 4 nitrogen and oxygen atoms in total. The molecule has 8 aliphatic rings. The molecule has 8 bridgehead atoms. The van der Waals surface area contributed by atoms with Gasteiger partial charge in [0.1, 0.15) is 0 Å². The lowest BCUT2D eigenvalue weighted by Gasteiger charge is -2.56. The predicted octanol–water partition coefficient (Wildman–Crippen LogP) is 7.15. The van der Waals surface area contributed by atoms with Gasteiger partial charge in [-0.25, -0.2) is 0 Å². The molecule has 8 saturated carbocycles. The molecule has 4 heteroatoms. The molecular weight excluding hydrogens is 444 g/mol. The minimum Gasteiger partial charge on any atom is -0.324 e. The fraction of sp³-hybridized carbons (Fsp3) is 0.625. The molecule has 0 spiro atoms. The van der Waals surface area contributed by atoms with Gasteiger partial charge in [-0.2, -0.15) is 0 Å². The van der Waals surface area contributed by atoms with Crippen LogP contribution in [0.25, 0.3) is 10.8 Å². The first-order valence-corrected chi connectivity index (χ1v) is 14.6. The number of hydrogen-bond acceptors (Lipinski definition) is 2. The quantitative estimate of drug-likeness (QED) is 0.486. The van der Waals surface area contributed by atoms with Gasteiger partial charge in [0.05, 0.1) is 22.2 Å². The average Bonchev–Trinajstić information content (AvgIpc) is 2.82. The zero-order valence-electron chi connectivity index (χ0n) is 21.2. The summed E-state index contributed by atoms with van der Waals surface area (Å²) >= 11 is 0. The summed E-state index contributed by atoms with van der Waals surface area (Å²) in [7, 11) is 0. The number of nitrogens with one attached hydrogen (secondary N) is 2. The van der Waals surface area contributed by atoms with Crippen molar-refractivity contribution in [1.82, 2.24) is 0 Å². The molecule has 2 aromatic carbocycles. The lowest BCUT2D eigenvalue weighted by Crippen LogP contribution is -2.52. The molecule has 0 atom stereocenters. The van der Waals surface area contributed by atoms with E-state index in [0.29, 0.717) is 0 Å². The van der Waals surface area contributed by atoms with Crippen LogP contribution in [0.2, 0.25) is 0 Å². The Morgan fingerprint density at radius 1 is 0.556 bits per heavy atom. The van der Waals surface area contributed by atoms with Crippen molar-refractivity contribution < 1.29 is 9.59 Å². The van der Waals surface area contributed by atoms with E-state index in [2.05, 4.69) is 34.9 Å². The van der Waals surface area contributed by atoms with E-state index >= 15 is 0 Å². The number of amides is 2. The van der Waals surface area contributed by atoms with Crippen LogP contribution < -0.4 is 10.6 Å². The Kier molecular flexibility index (Phi) is 4.57. The molecule has 2 aromatic rings. The summed E-state index contributed by atoms with van der Waals surface area (Å²) in [6.45, 7) is 0. The van der Waals surface area contributed by atoms with Gasteiger partial charge in [-0.1, -0.05) is 24.3 Å². The summed E-state index contributed by atoms with van der Waals surface area (Å²) in [5, 5.41) is 8.98. The number of carbonyl (C=O) groups is 2. The third-order valence-corrected chi connectivity index (χ3v) is 11.4. The number of hydrogen-bond donors (Lipinski definition) is 2. The Morgan fingerprint density at radius 2 is 0.861 bits per heavy atom. The lowest BCUT2D eigenvalue weighted by atomic mass is 9.49. The smallest absolute Gasteiger partial charge is 0.230 e. The fourth-order valence-electron chi connectivity index (χ4n) is 10.7. The van der Waals surface area contributed by atoms with Gasteiger partial charge < -0.3 is 10.6 Å². The highest BCUT2D eigenvalue weighted by atomic mass is 16.2. The lowest BCUT2D eigenvalue weighted by molar-refractivity contribution is -0.141. The summed E-state index contributed by atoms with van der Waals surface area (Å²) in [6, 6.07) is 12.5. The first kappa shape index (κ1) is 21.7. The molecule has 0 saturated heterocycles. The standard InChI is InChI=1S/C32H38N2O2/c35-29(31-13-19-5-20(14-31)7-21(6-19)15-31)33-27-11-25-3-1-2-4-26(25)12-28(27)34-30(36)32-16-22-8-23(17-32)10-24(9-22)18-32/h1-4,11-12,19-24H,5-10,13-18H2,(H,33,35)(H,34,36). The second kappa shape index (κ2) is 7.58. The summed E-state index contributed by atoms with van der Waals surface area (Å²) in [5.41, 5.74) is 1.16. The van der Waals surface area contributed by atoms with E-state index in [1.807, 2.05) is 12.1 Å². The van der Waals surface area contributed by atoms with Gasteiger partial charge in [-0.15, -0.1) is 0 Å². The first-order chi connectivity index (χ1) is 17.5. The van der Waals surface area contributed by atoms with Gasteiger partial charge in [0, 0.05) is 0 Å². The van der Waals surface area contributed by atoms with Crippen molar-refractivity contribution in [2.75, 3.05) is 10.6 Å². The summed E-state index contributed by atoms with van der Waals surface area (Å²) in [6.07, 6.45) is 14.3. The number of rotatable bonds is 4. The molecule has 10 rings (SSSR count). The molecule has 36 heavy (non-hydrogen) atoms. The van der Waals surface area contributed by atoms with Crippen molar-refractivity contribution in [3.05, 3.63) is 36.4 Å². The van der Waals surface area contributed by atoms with Gasteiger partial charge in [-0.3, -0.25) is 9.59 Å². The summed E-state index contributed by atoms with van der Waals surface area (Å²) in [5.74, 6) is 4.78. The molecule has 0 aromatic heterocycles. The van der Waals surface area contributed by atoms with E-state index in [1.165, 1.54) is 38.5 Å². The van der Waals surface area contributed by atoms with Crippen LogP contribution in [0.15, 0.2) is 36.4 Å². The molecule has 0 heterocycles. The van der Waals surface area contributed by atoms with Crippen molar-refractivity contribution in [2.24, 2.45) is 46.3 Å². The maximum Gasteiger partial charge on any atom is 0.230 e. The van der Waals surface area contributed by atoms with Gasteiger partial charge >= 0.3 is 0 Å². The Labute approximate surface area is 214 Å². The highest BCUT2D eigenvalue weighted by Gasteiger charge is 2.56. The summed E-state index contributed by atoms with van der Waals surface area (Å²) < 4.78 is 0. The molecule has 8 aliphatic carbocycles. The van der Waals surface area contributed by atoms with Crippen LogP contribution in [0.4, 0.5) is 11.4 Å². The number of carbonyl (C=O) groups excluding carboxylic acids is 2. The minimum absolute atomic E-state index is 0.196. The van der Waals surface area contributed by atoms with Crippen LogP contribution in [0.3, 0.4) is 0 Å². The van der Waals surface area contributed by atoms with E-state index < -0.39 is 0 Å². The molecule has 0 aliphatic heterocycles. The third kappa shape index (κ3) is 3.32. The Bertz CT molecular complexity index is 1090. The number of anilines is 2. The van der Waals surface area contributed by atoms with Crippen LogP contribution in [-0.4, -0.2) is 11.8 Å². The molecule has 0 radical (unpaired) electrons. The normalized spacial score (nSPS) is 41.6. The average molecular weight is 483 g/mol. The largest absolute Gasteiger partial charge is 0.324 e. The Hall–Kier alpha value is -2.36. The zero-order valence-corrected chi connectivity index (χ0v) is 21.2. The van der Waals surface area contributed by atoms with E-state index in [9.17, 15) is 9.59 Å². The third-order valence-electron chi connectivity index (χ3n) is 11.4. The van der Waals surface area contributed by atoms with Gasteiger partial charge in [0.15, 0.2) is 0 Å². The van der Waals surface area contributed by atoms with Crippen molar-refractivity contribution in [1.29, 1.82) is 0 Å². The second-order valence-corrected chi connectivity index (χ2v) is 14.0. The van der Waals surface area contributed by atoms with Gasteiger partial charge in [0.25, 0.3) is 0 Å². The number of benzene rings is 2. The zero-order chi connectivity index (χ0) is 24.1. The first-order valence-electron chi connectivity index (χ1n) is 14.6. The second-order valence-electron chi connectivity index (χ2n) is 14.0. The molecular formula is C32H38N2O2. The highest BCUT2D eigenvalue weighted by Crippen LogP contribution is 2.61. The molecule has 2 amide bonds. The fourth-order valence-corrected chi connectivity index (χ4v) is 10.7. The number of fused-ring (bicyclic) bond motifs is 1. The van der Waals surface area contributed by atoms with Crippen molar-refractivity contribution >= 4 is 34.0 Å². The maximum absolute atomic E-state index is 13.9. The van der Waals surface area contributed by atoms with Gasteiger partial charge in [-0.05, 0) is 135 Å². The van der Waals surface area contributed by atoms with E-state index in [4.69, 9.17) is 0 Å². The molecule has 2 N–H and O–H groups in total. The Balaban J connectivity index is 1.11. The Morgan fingerprint density at radius 3 is 1.17 bits per heavy atom. The molecule has 0 unspecified atom stereocenters. The monoisotopic (exact) mass is 482 g/mol. The van der Waals surface area contributed by atoms with Crippen LogP contribution in [0, 0.1) is 46.3 Å².